The summed E-state index contributed by atoms with van der Waals surface area (Å²) in [6.07, 6.45) is 0. The third-order valence-corrected chi connectivity index (χ3v) is 5.28. The molecule has 1 unspecified atom stereocenters. The SMILES string of the molecule is Cc1nnc2n1CC(C(=O)O)N(C(=O)c1csc3ccccc13)C2. The molecule has 24 heavy (non-hydrogen) atoms. The standard InChI is InChI=1S/C16H14N4O3S/c1-9-17-18-14-7-20(12(16(22)23)6-19(9)14)15(21)11-8-24-13-5-3-2-4-10(11)13/h2-5,8,12H,6-7H2,1H3,(H,22,23). The smallest absolute Gasteiger partial charge is 0.328 e. The number of carbonyl (C=O) groups excluding carboxylic acids is 1. The molecule has 1 N–H and O–H groups in total. The molecule has 3 aromatic rings. The van der Waals surface area contributed by atoms with Crippen LogP contribution in [0.15, 0.2) is 29.6 Å². The van der Waals surface area contributed by atoms with Gasteiger partial charge in [0.1, 0.15) is 11.9 Å². The van der Waals surface area contributed by atoms with Gasteiger partial charge in [-0.25, -0.2) is 4.79 Å². The molecular formula is C16H14N4O3S. The molecule has 7 nitrogen and oxygen atoms in total. The van der Waals surface area contributed by atoms with Crippen molar-refractivity contribution in [2.24, 2.45) is 0 Å². The van der Waals surface area contributed by atoms with E-state index >= 15 is 0 Å². The molecule has 1 aliphatic heterocycles. The molecular weight excluding hydrogens is 328 g/mol. The Morgan fingerprint density at radius 2 is 2.08 bits per heavy atom. The van der Waals surface area contributed by atoms with Gasteiger partial charge < -0.3 is 14.6 Å². The molecule has 0 spiro atoms. The molecule has 0 saturated heterocycles. The third-order valence-electron chi connectivity index (χ3n) is 4.31. The van der Waals surface area contributed by atoms with Gasteiger partial charge in [-0.1, -0.05) is 18.2 Å². The van der Waals surface area contributed by atoms with E-state index in [1.165, 1.54) is 16.2 Å². The van der Waals surface area contributed by atoms with Crippen LogP contribution in [0, 0.1) is 6.92 Å². The van der Waals surface area contributed by atoms with Crippen LogP contribution < -0.4 is 0 Å². The first-order valence-corrected chi connectivity index (χ1v) is 8.33. The second-order valence-corrected chi connectivity index (χ2v) is 6.62. The number of aromatic nitrogens is 3. The zero-order valence-corrected chi connectivity index (χ0v) is 13.7. The van der Waals surface area contributed by atoms with Gasteiger partial charge in [-0.2, -0.15) is 0 Å². The molecule has 1 atom stereocenters. The van der Waals surface area contributed by atoms with E-state index in [0.29, 0.717) is 17.2 Å². The van der Waals surface area contributed by atoms with Crippen molar-refractivity contribution in [1.82, 2.24) is 19.7 Å². The van der Waals surface area contributed by atoms with Gasteiger partial charge in [0.2, 0.25) is 0 Å². The first-order valence-electron chi connectivity index (χ1n) is 7.45. The summed E-state index contributed by atoms with van der Waals surface area (Å²) in [6.45, 7) is 2.08. The summed E-state index contributed by atoms with van der Waals surface area (Å²) in [5, 5.41) is 20.2. The third kappa shape index (κ3) is 2.18. The van der Waals surface area contributed by atoms with Gasteiger partial charge in [0.05, 0.1) is 18.7 Å². The van der Waals surface area contributed by atoms with Crippen LogP contribution in [0.25, 0.3) is 10.1 Å². The molecule has 1 aromatic carbocycles. The maximum atomic E-state index is 13.0. The molecule has 2 aromatic heterocycles. The molecule has 8 heteroatoms. The number of benzene rings is 1. The molecule has 122 valence electrons. The van der Waals surface area contributed by atoms with E-state index in [4.69, 9.17) is 0 Å². The fourth-order valence-electron chi connectivity index (χ4n) is 3.04. The summed E-state index contributed by atoms with van der Waals surface area (Å²) in [5.74, 6) is -0.0457. The van der Waals surface area contributed by atoms with Crippen LogP contribution in [-0.2, 0) is 17.9 Å². The number of carbonyl (C=O) groups is 2. The second-order valence-electron chi connectivity index (χ2n) is 5.71. The van der Waals surface area contributed by atoms with Gasteiger partial charge in [-0.05, 0) is 13.0 Å². The van der Waals surface area contributed by atoms with Crippen molar-refractivity contribution in [2.45, 2.75) is 26.1 Å². The van der Waals surface area contributed by atoms with Crippen LogP contribution in [0.1, 0.15) is 22.0 Å². The molecule has 0 aliphatic carbocycles. The molecule has 1 aliphatic rings. The lowest BCUT2D eigenvalue weighted by atomic mass is 10.1. The summed E-state index contributed by atoms with van der Waals surface area (Å²) >= 11 is 1.48. The van der Waals surface area contributed by atoms with Gasteiger partial charge in [0, 0.05) is 15.5 Å². The first-order chi connectivity index (χ1) is 11.6. The van der Waals surface area contributed by atoms with E-state index in [9.17, 15) is 14.7 Å². The fraction of sp³-hybridized carbons (Fsp3) is 0.250. The minimum Gasteiger partial charge on any atom is -0.480 e. The lowest BCUT2D eigenvalue weighted by Crippen LogP contribution is -2.50. The monoisotopic (exact) mass is 342 g/mol. The Kier molecular flexibility index (Phi) is 3.34. The highest BCUT2D eigenvalue weighted by atomic mass is 32.1. The molecule has 0 bridgehead atoms. The summed E-state index contributed by atoms with van der Waals surface area (Å²) in [4.78, 5) is 26.1. The molecule has 4 rings (SSSR count). The Labute approximate surface area is 141 Å². The van der Waals surface area contributed by atoms with Gasteiger partial charge in [0.25, 0.3) is 5.91 Å². The lowest BCUT2D eigenvalue weighted by Gasteiger charge is -2.33. The van der Waals surface area contributed by atoms with Gasteiger partial charge in [-0.15, -0.1) is 21.5 Å². The largest absolute Gasteiger partial charge is 0.480 e. The van der Waals surface area contributed by atoms with Gasteiger partial charge >= 0.3 is 5.97 Å². The highest BCUT2D eigenvalue weighted by Gasteiger charge is 2.37. The summed E-state index contributed by atoms with van der Waals surface area (Å²) in [6, 6.07) is 6.68. The van der Waals surface area contributed by atoms with Crippen molar-refractivity contribution in [3.63, 3.8) is 0 Å². The Morgan fingerprint density at radius 1 is 1.29 bits per heavy atom. The Hall–Kier alpha value is -2.74. The van der Waals surface area contributed by atoms with E-state index in [-0.39, 0.29) is 19.0 Å². The number of nitrogens with zero attached hydrogens (tertiary/aromatic N) is 4. The van der Waals surface area contributed by atoms with Crippen molar-refractivity contribution in [3.8, 4) is 0 Å². The number of hydrogen-bond acceptors (Lipinski definition) is 5. The van der Waals surface area contributed by atoms with Crippen LogP contribution in [0.5, 0.6) is 0 Å². The first kappa shape index (κ1) is 14.8. The van der Waals surface area contributed by atoms with Crippen molar-refractivity contribution in [2.75, 3.05) is 0 Å². The highest BCUT2D eigenvalue weighted by Crippen LogP contribution is 2.29. The molecule has 0 radical (unpaired) electrons. The summed E-state index contributed by atoms with van der Waals surface area (Å²) in [5.41, 5.74) is 0.534. The minimum absolute atomic E-state index is 0.140. The summed E-state index contributed by atoms with van der Waals surface area (Å²) < 4.78 is 2.76. The second kappa shape index (κ2) is 5.41. The topological polar surface area (TPSA) is 88.3 Å². The van der Waals surface area contributed by atoms with Crippen molar-refractivity contribution in [3.05, 3.63) is 46.9 Å². The molecule has 0 saturated carbocycles. The Morgan fingerprint density at radius 3 is 2.88 bits per heavy atom. The number of aliphatic carboxylic acids is 1. The van der Waals surface area contributed by atoms with Gasteiger partial charge in [0.15, 0.2) is 5.82 Å². The molecule has 1 amide bonds. The number of aryl methyl sites for hydroxylation is 1. The van der Waals surface area contributed by atoms with Crippen LogP contribution in [-0.4, -0.2) is 42.7 Å². The van der Waals surface area contributed by atoms with Crippen LogP contribution >= 0.6 is 11.3 Å². The van der Waals surface area contributed by atoms with Crippen LogP contribution in [0.3, 0.4) is 0 Å². The average molecular weight is 342 g/mol. The zero-order valence-electron chi connectivity index (χ0n) is 12.8. The lowest BCUT2D eigenvalue weighted by molar-refractivity contribution is -0.143. The van der Waals surface area contributed by atoms with Crippen LogP contribution in [0.2, 0.25) is 0 Å². The number of amides is 1. The van der Waals surface area contributed by atoms with Crippen molar-refractivity contribution < 1.29 is 14.7 Å². The van der Waals surface area contributed by atoms with Crippen molar-refractivity contribution >= 4 is 33.3 Å². The number of fused-ring (bicyclic) bond motifs is 2. The number of rotatable bonds is 2. The van der Waals surface area contributed by atoms with Gasteiger partial charge in [-0.3, -0.25) is 4.79 Å². The summed E-state index contributed by atoms with van der Waals surface area (Å²) in [7, 11) is 0. The average Bonchev–Trinajstić information content (AvgIpc) is 3.17. The number of thiophene rings is 1. The van der Waals surface area contributed by atoms with Crippen LogP contribution in [0.4, 0.5) is 0 Å². The maximum Gasteiger partial charge on any atom is 0.328 e. The molecule has 3 heterocycles. The zero-order chi connectivity index (χ0) is 16.8. The predicted molar refractivity (Wildman–Crippen MR) is 87.9 cm³/mol. The van der Waals surface area contributed by atoms with E-state index < -0.39 is 12.0 Å². The predicted octanol–water partition coefficient (Wildman–Crippen LogP) is 1.91. The quantitative estimate of drug-likeness (QED) is 0.768. The van der Waals surface area contributed by atoms with E-state index in [1.54, 1.807) is 16.9 Å². The van der Waals surface area contributed by atoms with E-state index in [2.05, 4.69) is 10.2 Å². The Balaban J connectivity index is 1.76. The highest BCUT2D eigenvalue weighted by molar-refractivity contribution is 7.17. The molecule has 0 fully saturated rings. The maximum absolute atomic E-state index is 13.0. The number of carboxylic acid groups (broad SMARTS) is 1. The number of hydrogen-bond donors (Lipinski definition) is 1. The normalized spacial score (nSPS) is 17.0. The number of carboxylic acids is 1. The van der Waals surface area contributed by atoms with E-state index in [0.717, 1.165) is 10.1 Å². The Bertz CT molecular complexity index is 961. The van der Waals surface area contributed by atoms with E-state index in [1.807, 2.05) is 24.3 Å². The minimum atomic E-state index is -1.03. The fourth-order valence-corrected chi connectivity index (χ4v) is 3.97. The van der Waals surface area contributed by atoms with Crippen molar-refractivity contribution in [1.29, 1.82) is 0 Å².